The molecule has 2 aromatic rings. The maximum absolute atomic E-state index is 3.81. The van der Waals surface area contributed by atoms with Crippen molar-refractivity contribution in [2.45, 2.75) is 20.4 Å². The average Bonchev–Trinajstić information content (AvgIpc) is 2.72. The van der Waals surface area contributed by atoms with Crippen molar-refractivity contribution in [2.75, 3.05) is 5.32 Å². The summed E-state index contributed by atoms with van der Waals surface area (Å²) in [6, 6.07) is 2.18. The molecule has 2 aromatic heterocycles. The molecule has 0 spiro atoms. The van der Waals surface area contributed by atoms with Gasteiger partial charge in [-0.1, -0.05) is 5.10 Å². The first-order valence-electron chi connectivity index (χ1n) is 4.29. The molecule has 14 heavy (non-hydrogen) atoms. The summed E-state index contributed by atoms with van der Waals surface area (Å²) in [6.07, 6.45) is 0. The molecule has 0 saturated carbocycles. The molecule has 0 aromatic carbocycles. The SMILES string of the molecule is Cc1cc(C)c(CNc2nn[nH]n2)s1. The van der Waals surface area contributed by atoms with Crippen molar-refractivity contribution in [3.05, 3.63) is 21.4 Å². The minimum Gasteiger partial charge on any atom is -0.347 e. The molecular formula is C8H11N5S. The van der Waals surface area contributed by atoms with Crippen LogP contribution in [-0.4, -0.2) is 20.6 Å². The van der Waals surface area contributed by atoms with E-state index in [2.05, 4.69) is 45.9 Å². The number of aromatic amines is 1. The molecule has 5 nitrogen and oxygen atoms in total. The van der Waals surface area contributed by atoms with Gasteiger partial charge < -0.3 is 5.32 Å². The molecule has 0 radical (unpaired) electrons. The van der Waals surface area contributed by atoms with Crippen molar-refractivity contribution in [3.8, 4) is 0 Å². The second-order valence-corrected chi connectivity index (χ2v) is 4.39. The number of anilines is 1. The molecule has 0 aliphatic rings. The molecule has 0 saturated heterocycles. The molecule has 2 N–H and O–H groups in total. The second kappa shape index (κ2) is 3.75. The molecule has 0 atom stereocenters. The largest absolute Gasteiger partial charge is 0.347 e. The molecule has 0 unspecified atom stereocenters. The summed E-state index contributed by atoms with van der Waals surface area (Å²) in [6.45, 7) is 4.97. The Balaban J connectivity index is 2.01. The lowest BCUT2D eigenvalue weighted by Crippen LogP contribution is -2.00. The van der Waals surface area contributed by atoms with Crippen LogP contribution in [0.1, 0.15) is 15.3 Å². The molecule has 2 rings (SSSR count). The topological polar surface area (TPSA) is 66.5 Å². The van der Waals surface area contributed by atoms with Crippen molar-refractivity contribution in [3.63, 3.8) is 0 Å². The van der Waals surface area contributed by atoms with Gasteiger partial charge in [-0.25, -0.2) is 0 Å². The number of thiophene rings is 1. The maximum atomic E-state index is 3.81. The quantitative estimate of drug-likeness (QED) is 0.803. The predicted octanol–water partition coefficient (Wildman–Crippen LogP) is 1.49. The van der Waals surface area contributed by atoms with E-state index in [0.717, 1.165) is 6.54 Å². The van der Waals surface area contributed by atoms with Crippen molar-refractivity contribution < 1.29 is 0 Å². The molecule has 6 heteroatoms. The standard InChI is InChI=1S/C8H11N5S/c1-5-3-6(2)14-7(5)4-9-8-10-12-13-11-8/h3H,4H2,1-2H3,(H2,9,10,11,12,13). The predicted molar refractivity (Wildman–Crippen MR) is 55.3 cm³/mol. The average molecular weight is 209 g/mol. The van der Waals surface area contributed by atoms with E-state index < -0.39 is 0 Å². The zero-order valence-corrected chi connectivity index (χ0v) is 8.85. The van der Waals surface area contributed by atoms with Crippen LogP contribution >= 0.6 is 11.3 Å². The van der Waals surface area contributed by atoms with E-state index in [1.165, 1.54) is 15.3 Å². The fourth-order valence-corrected chi connectivity index (χ4v) is 2.25. The van der Waals surface area contributed by atoms with Crippen LogP contribution in [0.4, 0.5) is 5.95 Å². The minimum atomic E-state index is 0.537. The highest BCUT2D eigenvalue weighted by molar-refractivity contribution is 7.12. The highest BCUT2D eigenvalue weighted by atomic mass is 32.1. The fraction of sp³-hybridized carbons (Fsp3) is 0.375. The second-order valence-electron chi connectivity index (χ2n) is 3.05. The summed E-state index contributed by atoms with van der Waals surface area (Å²) >= 11 is 1.79. The third-order valence-electron chi connectivity index (χ3n) is 1.90. The van der Waals surface area contributed by atoms with Gasteiger partial charge in [-0.05, 0) is 30.7 Å². The summed E-state index contributed by atoms with van der Waals surface area (Å²) in [7, 11) is 0. The molecule has 0 amide bonds. The zero-order chi connectivity index (χ0) is 9.97. The maximum Gasteiger partial charge on any atom is 0.263 e. The number of H-pyrrole nitrogens is 1. The number of tetrazole rings is 1. The van der Waals surface area contributed by atoms with E-state index in [-0.39, 0.29) is 0 Å². The third-order valence-corrected chi connectivity index (χ3v) is 3.05. The van der Waals surface area contributed by atoms with E-state index >= 15 is 0 Å². The van der Waals surface area contributed by atoms with Crippen molar-refractivity contribution in [1.29, 1.82) is 0 Å². The van der Waals surface area contributed by atoms with Gasteiger partial charge in [0.2, 0.25) is 0 Å². The highest BCUT2D eigenvalue weighted by Gasteiger charge is 2.03. The number of hydrogen-bond donors (Lipinski definition) is 2. The third kappa shape index (κ3) is 1.90. The Hall–Kier alpha value is -1.43. The lowest BCUT2D eigenvalue weighted by atomic mass is 10.3. The van der Waals surface area contributed by atoms with Crippen molar-refractivity contribution >= 4 is 17.3 Å². The van der Waals surface area contributed by atoms with Gasteiger partial charge in [0.05, 0.1) is 6.54 Å². The van der Waals surface area contributed by atoms with Crippen LogP contribution in [0, 0.1) is 13.8 Å². The Morgan fingerprint density at radius 1 is 1.50 bits per heavy atom. The molecule has 0 fully saturated rings. The summed E-state index contributed by atoms with van der Waals surface area (Å²) in [5.74, 6) is 0.537. The summed E-state index contributed by atoms with van der Waals surface area (Å²) in [5, 5.41) is 16.6. The van der Waals surface area contributed by atoms with Gasteiger partial charge in [-0.3, -0.25) is 0 Å². The molecular weight excluding hydrogens is 198 g/mol. The number of aryl methyl sites for hydroxylation is 2. The lowest BCUT2D eigenvalue weighted by molar-refractivity contribution is 0.881. The normalized spacial score (nSPS) is 10.4. The van der Waals surface area contributed by atoms with Crippen LogP contribution in [0.5, 0.6) is 0 Å². The van der Waals surface area contributed by atoms with E-state index in [4.69, 9.17) is 0 Å². The summed E-state index contributed by atoms with van der Waals surface area (Å²) in [4.78, 5) is 2.64. The molecule has 74 valence electrons. The Bertz CT molecular complexity index is 405. The first-order valence-corrected chi connectivity index (χ1v) is 5.10. The van der Waals surface area contributed by atoms with Gasteiger partial charge in [0.1, 0.15) is 0 Å². The molecule has 0 bridgehead atoms. The van der Waals surface area contributed by atoms with Gasteiger partial charge >= 0.3 is 0 Å². The van der Waals surface area contributed by atoms with Crippen LogP contribution < -0.4 is 5.32 Å². The van der Waals surface area contributed by atoms with Crippen LogP contribution in [-0.2, 0) is 6.54 Å². The highest BCUT2D eigenvalue weighted by Crippen LogP contribution is 2.21. The molecule has 2 heterocycles. The van der Waals surface area contributed by atoms with Gasteiger partial charge in [-0.2, -0.15) is 5.21 Å². The number of nitrogens with zero attached hydrogens (tertiary/aromatic N) is 3. The van der Waals surface area contributed by atoms with Gasteiger partial charge in [0.25, 0.3) is 5.95 Å². The van der Waals surface area contributed by atoms with Gasteiger partial charge in [-0.15, -0.1) is 16.4 Å². The van der Waals surface area contributed by atoms with E-state index in [1.54, 1.807) is 11.3 Å². The Morgan fingerprint density at radius 3 is 2.93 bits per heavy atom. The van der Waals surface area contributed by atoms with Crippen LogP contribution in [0.2, 0.25) is 0 Å². The first kappa shape index (κ1) is 9.14. The van der Waals surface area contributed by atoms with Gasteiger partial charge in [0, 0.05) is 9.75 Å². The molecule has 0 aliphatic carbocycles. The number of nitrogens with one attached hydrogen (secondary N) is 2. The Kier molecular flexibility index (Phi) is 2.45. The number of hydrogen-bond acceptors (Lipinski definition) is 5. The van der Waals surface area contributed by atoms with E-state index in [1.807, 2.05) is 0 Å². The monoisotopic (exact) mass is 209 g/mol. The Labute approximate surface area is 85.5 Å². The smallest absolute Gasteiger partial charge is 0.263 e. The summed E-state index contributed by atoms with van der Waals surface area (Å²) < 4.78 is 0. The van der Waals surface area contributed by atoms with E-state index in [0.29, 0.717) is 5.95 Å². The zero-order valence-electron chi connectivity index (χ0n) is 8.03. The van der Waals surface area contributed by atoms with Crippen LogP contribution in [0.3, 0.4) is 0 Å². The van der Waals surface area contributed by atoms with Crippen LogP contribution in [0.25, 0.3) is 0 Å². The van der Waals surface area contributed by atoms with Crippen molar-refractivity contribution in [1.82, 2.24) is 20.6 Å². The van der Waals surface area contributed by atoms with Gasteiger partial charge in [0.15, 0.2) is 0 Å². The van der Waals surface area contributed by atoms with Crippen LogP contribution in [0.15, 0.2) is 6.07 Å². The van der Waals surface area contributed by atoms with Crippen molar-refractivity contribution in [2.24, 2.45) is 0 Å². The molecule has 0 aliphatic heterocycles. The Morgan fingerprint density at radius 2 is 2.36 bits per heavy atom. The first-order chi connectivity index (χ1) is 6.75. The lowest BCUT2D eigenvalue weighted by Gasteiger charge is -1.98. The fourth-order valence-electron chi connectivity index (χ4n) is 1.26. The minimum absolute atomic E-state index is 0.537. The number of rotatable bonds is 3. The van der Waals surface area contributed by atoms with E-state index in [9.17, 15) is 0 Å². The summed E-state index contributed by atoms with van der Waals surface area (Å²) in [5.41, 5.74) is 1.31. The number of aromatic nitrogens is 4.